The molecule has 3 N–H and O–H groups in total. The van der Waals surface area contributed by atoms with Gasteiger partial charge in [-0.15, -0.1) is 0 Å². The van der Waals surface area contributed by atoms with E-state index in [4.69, 9.17) is 19.6 Å². The molecule has 0 aromatic heterocycles. The molecule has 0 saturated heterocycles. The van der Waals surface area contributed by atoms with Crippen molar-refractivity contribution in [2.24, 2.45) is 0 Å². The van der Waals surface area contributed by atoms with Gasteiger partial charge in [-0.25, -0.2) is 4.79 Å². The van der Waals surface area contributed by atoms with E-state index in [9.17, 15) is 9.59 Å². The zero-order valence-electron chi connectivity index (χ0n) is 7.71. The van der Waals surface area contributed by atoms with E-state index in [1.54, 1.807) is 6.92 Å². The summed E-state index contributed by atoms with van der Waals surface area (Å²) < 4.78 is 4.77. The Morgan fingerprint density at radius 1 is 1.43 bits per heavy atom. The van der Waals surface area contributed by atoms with Crippen molar-refractivity contribution in [3.05, 3.63) is 0 Å². The minimum Gasteiger partial charge on any atom is -0.481 e. The van der Waals surface area contributed by atoms with Crippen LogP contribution in [0.15, 0.2) is 0 Å². The van der Waals surface area contributed by atoms with Crippen molar-refractivity contribution in [3.63, 3.8) is 0 Å². The van der Waals surface area contributed by atoms with Gasteiger partial charge in [0.1, 0.15) is 0 Å². The molecule has 0 heterocycles. The number of aliphatic carboxylic acids is 2. The fourth-order valence-corrected chi connectivity index (χ4v) is 1.34. The minimum atomic E-state index is -1.75. The van der Waals surface area contributed by atoms with Crippen molar-refractivity contribution in [2.45, 2.75) is 25.9 Å². The third-order valence-corrected chi connectivity index (χ3v) is 2.45. The summed E-state index contributed by atoms with van der Waals surface area (Å²) in [6, 6.07) is 0. The predicted molar refractivity (Wildman–Crippen MR) is 49.1 cm³/mol. The van der Waals surface area contributed by atoms with E-state index in [2.05, 4.69) is 0 Å². The zero-order chi connectivity index (χ0) is 11.1. The predicted octanol–water partition coefficient (Wildman–Crippen LogP) is 0.645. The van der Waals surface area contributed by atoms with Gasteiger partial charge in [0.15, 0.2) is 14.5 Å². The number of hydrogen-bond acceptors (Lipinski definition) is 4. The molecule has 0 aromatic rings. The fourth-order valence-electron chi connectivity index (χ4n) is 0.697. The van der Waals surface area contributed by atoms with E-state index in [1.165, 1.54) is 0 Å². The lowest BCUT2D eigenvalue weighted by molar-refractivity contribution is -0.146. The van der Waals surface area contributed by atoms with Crippen LogP contribution in [-0.4, -0.2) is 39.3 Å². The smallest absolute Gasteiger partial charge is 0.333 e. The van der Waals surface area contributed by atoms with Gasteiger partial charge in [0.2, 0.25) is 0 Å². The summed E-state index contributed by atoms with van der Waals surface area (Å²) in [5, 5.41) is 16.9. The number of carbonyl (C=O) groups is 2. The molecule has 14 heavy (non-hydrogen) atoms. The lowest BCUT2D eigenvalue weighted by atomic mass is 10.2. The topological polar surface area (TPSA) is 104 Å². The van der Waals surface area contributed by atoms with Crippen LogP contribution in [0, 0.1) is 0 Å². The van der Waals surface area contributed by atoms with Crippen LogP contribution < -0.4 is 0 Å². The average molecular weight is 224 g/mol. The van der Waals surface area contributed by atoms with Crippen LogP contribution in [-0.2, 0) is 14.1 Å². The molecule has 82 valence electrons. The molecule has 0 rings (SSSR count). The largest absolute Gasteiger partial charge is 0.481 e. The highest BCUT2D eigenvalue weighted by atomic mass is 31.2. The van der Waals surface area contributed by atoms with Crippen LogP contribution >= 0.6 is 8.38 Å². The summed E-state index contributed by atoms with van der Waals surface area (Å²) in [7, 11) is -1.75. The van der Waals surface area contributed by atoms with Gasteiger partial charge < -0.3 is 19.6 Å². The molecule has 0 amide bonds. The molecule has 2 unspecified atom stereocenters. The Labute approximate surface area is 82.4 Å². The van der Waals surface area contributed by atoms with Crippen molar-refractivity contribution in [3.8, 4) is 0 Å². The summed E-state index contributed by atoms with van der Waals surface area (Å²) in [5.74, 6) is -2.33. The summed E-state index contributed by atoms with van der Waals surface area (Å²) in [6.45, 7) is 1.65. The third-order valence-electron chi connectivity index (χ3n) is 1.42. The Hall–Kier alpha value is -0.710. The van der Waals surface area contributed by atoms with E-state index in [0.717, 1.165) is 0 Å². The van der Waals surface area contributed by atoms with E-state index < -0.39 is 26.4 Å². The van der Waals surface area contributed by atoms with Gasteiger partial charge >= 0.3 is 11.9 Å². The van der Waals surface area contributed by atoms with Crippen LogP contribution in [0.2, 0.25) is 0 Å². The second-order valence-electron chi connectivity index (χ2n) is 2.53. The summed E-state index contributed by atoms with van der Waals surface area (Å²) in [4.78, 5) is 29.8. The van der Waals surface area contributed by atoms with E-state index >= 15 is 0 Å². The van der Waals surface area contributed by atoms with Gasteiger partial charge in [0, 0.05) is 12.6 Å². The van der Waals surface area contributed by atoms with Crippen molar-refractivity contribution in [2.75, 3.05) is 6.16 Å². The molecule has 0 aliphatic heterocycles. The third kappa shape index (κ3) is 5.85. The van der Waals surface area contributed by atoms with Gasteiger partial charge in [0.05, 0.1) is 0 Å². The molecule has 0 saturated carbocycles. The number of rotatable bonds is 7. The highest BCUT2D eigenvalue weighted by molar-refractivity contribution is 7.46. The molecule has 0 radical (unpaired) electrons. The Morgan fingerprint density at radius 3 is 2.36 bits per heavy atom. The molecule has 6 nitrogen and oxygen atoms in total. The van der Waals surface area contributed by atoms with Crippen molar-refractivity contribution < 1.29 is 29.2 Å². The van der Waals surface area contributed by atoms with Crippen LogP contribution in [0.4, 0.5) is 0 Å². The Bertz CT molecular complexity index is 206. The summed E-state index contributed by atoms with van der Waals surface area (Å²) in [5.41, 5.74) is 0. The monoisotopic (exact) mass is 224 g/mol. The van der Waals surface area contributed by atoms with Crippen molar-refractivity contribution in [1.29, 1.82) is 0 Å². The Kier molecular flexibility index (Phi) is 6.36. The molecule has 0 spiro atoms. The number of hydrogen-bond donors (Lipinski definition) is 3. The first-order chi connectivity index (χ1) is 6.47. The fraction of sp³-hybridized carbons (Fsp3) is 0.714. The van der Waals surface area contributed by atoms with Gasteiger partial charge in [-0.2, -0.15) is 0 Å². The van der Waals surface area contributed by atoms with Crippen LogP contribution in [0.5, 0.6) is 0 Å². The van der Waals surface area contributed by atoms with Crippen molar-refractivity contribution in [1.82, 2.24) is 0 Å². The zero-order valence-corrected chi connectivity index (χ0v) is 8.61. The molecule has 7 heteroatoms. The molecule has 0 bridgehead atoms. The molecular weight excluding hydrogens is 211 g/mol. The Morgan fingerprint density at radius 2 is 2.00 bits per heavy atom. The van der Waals surface area contributed by atoms with Gasteiger partial charge in [-0.3, -0.25) is 4.79 Å². The summed E-state index contributed by atoms with van der Waals surface area (Å²) >= 11 is 0. The van der Waals surface area contributed by atoms with E-state index in [0.29, 0.717) is 6.16 Å². The number of carboxylic acids is 2. The molecule has 2 atom stereocenters. The maximum Gasteiger partial charge on any atom is 0.333 e. The van der Waals surface area contributed by atoms with Crippen LogP contribution in [0.1, 0.15) is 19.8 Å². The first-order valence-electron chi connectivity index (χ1n) is 4.05. The van der Waals surface area contributed by atoms with Gasteiger partial charge in [0.25, 0.3) is 0 Å². The first kappa shape index (κ1) is 13.3. The maximum absolute atomic E-state index is 10.5. The molecule has 0 fully saturated rings. The highest BCUT2D eigenvalue weighted by Crippen LogP contribution is 2.33. The van der Waals surface area contributed by atoms with Crippen molar-refractivity contribution >= 4 is 20.3 Å². The van der Waals surface area contributed by atoms with Crippen LogP contribution in [0.3, 0.4) is 0 Å². The van der Waals surface area contributed by atoms with Gasteiger partial charge in [-0.1, -0.05) is 6.92 Å². The second kappa shape index (κ2) is 6.70. The normalized spacial score (nSPS) is 14.7. The molecular formula is C7H13O6P. The SMILES string of the molecule is CCP(O)OC(CCC(=O)O)C(=O)O. The molecule has 0 aliphatic carbocycles. The van der Waals surface area contributed by atoms with Crippen LogP contribution in [0.25, 0.3) is 0 Å². The molecule has 0 aromatic carbocycles. The quantitative estimate of drug-likeness (QED) is 0.548. The Balaban J connectivity index is 4.02. The lowest BCUT2D eigenvalue weighted by Gasteiger charge is -2.15. The lowest BCUT2D eigenvalue weighted by Crippen LogP contribution is -2.23. The number of carboxylic acid groups (broad SMARTS) is 2. The second-order valence-corrected chi connectivity index (χ2v) is 4.08. The summed E-state index contributed by atoms with van der Waals surface area (Å²) in [6.07, 6.45) is -1.33. The highest BCUT2D eigenvalue weighted by Gasteiger charge is 2.22. The van der Waals surface area contributed by atoms with Gasteiger partial charge in [-0.05, 0) is 6.42 Å². The van der Waals surface area contributed by atoms with E-state index in [-0.39, 0.29) is 12.8 Å². The minimum absolute atomic E-state index is 0.135. The maximum atomic E-state index is 10.5. The first-order valence-corrected chi connectivity index (χ1v) is 5.45. The average Bonchev–Trinajstić information content (AvgIpc) is 2.10. The molecule has 0 aliphatic rings. The van der Waals surface area contributed by atoms with E-state index in [1.807, 2.05) is 0 Å². The standard InChI is InChI=1S/C7H13O6P/c1-2-14(12)13-5(7(10)11)3-4-6(8)9/h5,12H,2-4H2,1H3,(H,8,9)(H,10,11).